The first-order chi connectivity index (χ1) is 13.0. The monoisotopic (exact) mass is 359 g/mol. The van der Waals surface area contributed by atoms with Crippen LogP contribution in [0, 0.1) is 0 Å². The van der Waals surface area contributed by atoms with Crippen molar-refractivity contribution in [3.8, 4) is 22.6 Å². The Hall–Kier alpha value is -3.51. The standard InChI is InChI=1S/C21H17N3O3/c1-13(25)18-11-19(26)20(27)12-24(18)15-5-2-4-14(10-15)16-7-9-23-21-17(16)6-3-8-22-21/h2-13,25,27H,1H3. The molecule has 6 heteroatoms. The van der Waals surface area contributed by atoms with Crippen LogP contribution >= 0.6 is 0 Å². The fourth-order valence-electron chi connectivity index (χ4n) is 3.14. The highest BCUT2D eigenvalue weighted by Crippen LogP contribution is 2.29. The van der Waals surface area contributed by atoms with E-state index in [-0.39, 0.29) is 5.75 Å². The van der Waals surface area contributed by atoms with Crippen LogP contribution in [0.3, 0.4) is 0 Å². The van der Waals surface area contributed by atoms with E-state index in [0.717, 1.165) is 16.5 Å². The second-order valence-electron chi connectivity index (χ2n) is 6.28. The third kappa shape index (κ3) is 3.07. The van der Waals surface area contributed by atoms with Crippen LogP contribution in [0.25, 0.3) is 27.8 Å². The molecule has 0 aliphatic rings. The Labute approximate surface area is 155 Å². The van der Waals surface area contributed by atoms with Gasteiger partial charge in [-0.2, -0.15) is 0 Å². The number of aromatic nitrogens is 3. The molecule has 27 heavy (non-hydrogen) atoms. The van der Waals surface area contributed by atoms with E-state index in [0.29, 0.717) is 17.0 Å². The van der Waals surface area contributed by atoms with Gasteiger partial charge in [0.05, 0.1) is 18.0 Å². The molecule has 1 atom stereocenters. The van der Waals surface area contributed by atoms with Crippen molar-refractivity contribution in [1.29, 1.82) is 0 Å². The van der Waals surface area contributed by atoms with Crippen LogP contribution in [0.15, 0.2) is 71.9 Å². The zero-order chi connectivity index (χ0) is 19.0. The molecule has 0 saturated heterocycles. The number of fused-ring (bicyclic) bond motifs is 1. The molecular formula is C21H17N3O3. The largest absolute Gasteiger partial charge is 0.503 e. The molecule has 0 fully saturated rings. The summed E-state index contributed by atoms with van der Waals surface area (Å²) < 4.78 is 1.62. The fourth-order valence-corrected chi connectivity index (χ4v) is 3.14. The SMILES string of the molecule is CC(O)c1cc(=O)c(O)cn1-c1cccc(-c2ccnc3ncccc23)c1. The molecule has 1 aromatic carbocycles. The predicted molar refractivity (Wildman–Crippen MR) is 103 cm³/mol. The summed E-state index contributed by atoms with van der Waals surface area (Å²) in [6, 6.07) is 14.6. The van der Waals surface area contributed by atoms with E-state index in [4.69, 9.17) is 0 Å². The molecule has 6 nitrogen and oxygen atoms in total. The highest BCUT2D eigenvalue weighted by Gasteiger charge is 2.13. The third-order valence-electron chi connectivity index (χ3n) is 4.44. The number of aromatic hydroxyl groups is 1. The first-order valence-electron chi connectivity index (χ1n) is 8.49. The van der Waals surface area contributed by atoms with Crippen molar-refractivity contribution in [2.24, 2.45) is 0 Å². The Bertz CT molecular complexity index is 1190. The number of hydrogen-bond acceptors (Lipinski definition) is 5. The molecular weight excluding hydrogens is 342 g/mol. The van der Waals surface area contributed by atoms with Gasteiger partial charge in [-0.05, 0) is 48.4 Å². The fraction of sp³-hybridized carbons (Fsp3) is 0.0952. The molecule has 134 valence electrons. The van der Waals surface area contributed by atoms with E-state index >= 15 is 0 Å². The summed E-state index contributed by atoms with van der Waals surface area (Å²) >= 11 is 0. The molecule has 0 radical (unpaired) electrons. The van der Waals surface area contributed by atoms with Gasteiger partial charge in [0.1, 0.15) is 0 Å². The Balaban J connectivity index is 1.92. The number of aliphatic hydroxyl groups excluding tert-OH is 1. The molecule has 3 heterocycles. The number of hydrogen-bond donors (Lipinski definition) is 2. The second kappa shape index (κ2) is 6.66. The number of benzene rings is 1. The topological polar surface area (TPSA) is 88.2 Å². The molecule has 3 aromatic heterocycles. The van der Waals surface area contributed by atoms with Crippen molar-refractivity contribution in [3.63, 3.8) is 0 Å². The molecule has 2 N–H and O–H groups in total. The minimum absolute atomic E-state index is 0.372. The summed E-state index contributed by atoms with van der Waals surface area (Å²) in [5.41, 5.74) is 3.15. The van der Waals surface area contributed by atoms with Crippen LogP contribution in [0.1, 0.15) is 18.7 Å². The summed E-state index contributed by atoms with van der Waals surface area (Å²) in [6.07, 6.45) is 3.88. The van der Waals surface area contributed by atoms with Crippen molar-refractivity contribution in [2.45, 2.75) is 13.0 Å². The van der Waals surface area contributed by atoms with Crippen LogP contribution < -0.4 is 5.43 Å². The van der Waals surface area contributed by atoms with Crippen LogP contribution in [-0.4, -0.2) is 24.7 Å². The van der Waals surface area contributed by atoms with Gasteiger partial charge < -0.3 is 14.8 Å². The minimum Gasteiger partial charge on any atom is -0.503 e. The van der Waals surface area contributed by atoms with Gasteiger partial charge in [-0.3, -0.25) is 4.79 Å². The van der Waals surface area contributed by atoms with Crippen molar-refractivity contribution in [2.75, 3.05) is 0 Å². The number of pyridine rings is 3. The lowest BCUT2D eigenvalue weighted by atomic mass is 10.0. The quantitative estimate of drug-likeness (QED) is 0.586. The highest BCUT2D eigenvalue weighted by atomic mass is 16.3. The van der Waals surface area contributed by atoms with Gasteiger partial charge in [0.25, 0.3) is 0 Å². The van der Waals surface area contributed by atoms with Crippen LogP contribution in [0.5, 0.6) is 5.75 Å². The highest BCUT2D eigenvalue weighted by molar-refractivity contribution is 5.92. The van der Waals surface area contributed by atoms with Crippen molar-refractivity contribution in [3.05, 3.63) is 83.0 Å². The molecule has 0 aliphatic heterocycles. The molecule has 1 unspecified atom stereocenters. The lowest BCUT2D eigenvalue weighted by Crippen LogP contribution is -2.13. The van der Waals surface area contributed by atoms with Crippen LogP contribution in [0.4, 0.5) is 0 Å². The summed E-state index contributed by atoms with van der Waals surface area (Å²) in [6.45, 7) is 1.58. The van der Waals surface area contributed by atoms with Crippen molar-refractivity contribution >= 4 is 11.0 Å². The normalized spacial score (nSPS) is 12.2. The smallest absolute Gasteiger partial charge is 0.223 e. The number of rotatable bonds is 3. The van der Waals surface area contributed by atoms with Crippen molar-refractivity contribution in [1.82, 2.24) is 14.5 Å². The number of nitrogens with zero attached hydrogens (tertiary/aromatic N) is 3. The Morgan fingerprint density at radius 2 is 1.85 bits per heavy atom. The Kier molecular flexibility index (Phi) is 4.18. The maximum atomic E-state index is 11.8. The molecule has 0 aliphatic carbocycles. The third-order valence-corrected chi connectivity index (χ3v) is 4.44. The number of aliphatic hydroxyl groups is 1. The van der Waals surface area contributed by atoms with Crippen molar-refractivity contribution < 1.29 is 10.2 Å². The van der Waals surface area contributed by atoms with Gasteiger partial charge in [0, 0.05) is 29.5 Å². The summed E-state index contributed by atoms with van der Waals surface area (Å²) in [5.74, 6) is -0.372. The summed E-state index contributed by atoms with van der Waals surface area (Å²) in [5, 5.41) is 20.8. The average Bonchev–Trinajstić information content (AvgIpc) is 2.69. The maximum absolute atomic E-state index is 11.8. The predicted octanol–water partition coefficient (Wildman–Crippen LogP) is 3.21. The lowest BCUT2D eigenvalue weighted by Gasteiger charge is -2.17. The van der Waals surface area contributed by atoms with E-state index in [1.165, 1.54) is 12.3 Å². The first-order valence-corrected chi connectivity index (χ1v) is 8.49. The van der Waals surface area contributed by atoms with E-state index in [9.17, 15) is 15.0 Å². The molecule has 0 spiro atoms. The summed E-state index contributed by atoms with van der Waals surface area (Å²) in [7, 11) is 0. The van der Waals surface area contributed by atoms with E-state index in [1.54, 1.807) is 23.9 Å². The van der Waals surface area contributed by atoms with Gasteiger partial charge >= 0.3 is 0 Å². The molecule has 0 amide bonds. The maximum Gasteiger partial charge on any atom is 0.223 e. The van der Waals surface area contributed by atoms with E-state index < -0.39 is 11.5 Å². The van der Waals surface area contributed by atoms with Gasteiger partial charge in [-0.25, -0.2) is 9.97 Å². The molecule has 0 saturated carbocycles. The van der Waals surface area contributed by atoms with E-state index in [2.05, 4.69) is 9.97 Å². The van der Waals surface area contributed by atoms with Crippen LogP contribution in [-0.2, 0) is 0 Å². The van der Waals surface area contributed by atoms with Crippen LogP contribution in [0.2, 0.25) is 0 Å². The zero-order valence-corrected chi connectivity index (χ0v) is 14.6. The van der Waals surface area contributed by atoms with Gasteiger partial charge in [0.15, 0.2) is 11.4 Å². The lowest BCUT2D eigenvalue weighted by molar-refractivity contribution is 0.191. The Morgan fingerprint density at radius 1 is 1.04 bits per heavy atom. The Morgan fingerprint density at radius 3 is 2.67 bits per heavy atom. The molecule has 4 aromatic rings. The first kappa shape index (κ1) is 16.9. The zero-order valence-electron chi connectivity index (χ0n) is 14.6. The van der Waals surface area contributed by atoms with Gasteiger partial charge in [-0.15, -0.1) is 0 Å². The van der Waals surface area contributed by atoms with E-state index in [1.807, 2.05) is 42.5 Å². The molecule has 0 bridgehead atoms. The molecule has 4 rings (SSSR count). The average molecular weight is 359 g/mol. The second-order valence-corrected chi connectivity index (χ2v) is 6.28. The summed E-state index contributed by atoms with van der Waals surface area (Å²) in [4.78, 5) is 20.4. The minimum atomic E-state index is -0.868. The van der Waals surface area contributed by atoms with Gasteiger partial charge in [-0.1, -0.05) is 12.1 Å². The van der Waals surface area contributed by atoms with Gasteiger partial charge in [0.2, 0.25) is 5.43 Å².